The highest BCUT2D eigenvalue weighted by Crippen LogP contribution is 2.29. The fourth-order valence-electron chi connectivity index (χ4n) is 4.62. The van der Waals surface area contributed by atoms with Crippen LogP contribution in [0.5, 0.6) is 0 Å². The first-order valence-electron chi connectivity index (χ1n) is 11.0. The Morgan fingerprint density at radius 1 is 0.938 bits per heavy atom. The number of sulfonamides is 1. The van der Waals surface area contributed by atoms with Gasteiger partial charge in [-0.05, 0) is 59.7 Å². The van der Waals surface area contributed by atoms with E-state index >= 15 is 0 Å². The van der Waals surface area contributed by atoms with Crippen molar-refractivity contribution in [2.45, 2.75) is 25.8 Å². The number of benzene rings is 2. The molecule has 0 bridgehead atoms. The SMILES string of the molecule is O=c1cc(CN2CCN(S(=O)(=O)/C=C/c3ccccc3)CC2)c2cc3c(cc2o1)CCC3. The van der Waals surface area contributed by atoms with Crippen LogP contribution in [0.4, 0.5) is 0 Å². The van der Waals surface area contributed by atoms with Crippen LogP contribution in [0.15, 0.2) is 63.2 Å². The van der Waals surface area contributed by atoms with E-state index in [0.717, 1.165) is 35.8 Å². The monoisotopic (exact) mass is 450 g/mol. The van der Waals surface area contributed by atoms with E-state index in [1.165, 1.54) is 20.8 Å². The van der Waals surface area contributed by atoms with E-state index in [9.17, 15) is 13.2 Å². The van der Waals surface area contributed by atoms with E-state index < -0.39 is 10.0 Å². The second kappa shape index (κ2) is 8.65. The van der Waals surface area contributed by atoms with Crippen molar-refractivity contribution in [2.75, 3.05) is 26.2 Å². The van der Waals surface area contributed by atoms with Gasteiger partial charge in [0.2, 0.25) is 10.0 Å². The average molecular weight is 451 g/mol. The van der Waals surface area contributed by atoms with Crippen LogP contribution >= 0.6 is 0 Å². The summed E-state index contributed by atoms with van der Waals surface area (Å²) >= 11 is 0. The van der Waals surface area contributed by atoms with Crippen LogP contribution < -0.4 is 5.63 Å². The molecule has 0 saturated carbocycles. The molecule has 2 heterocycles. The number of rotatable bonds is 5. The van der Waals surface area contributed by atoms with Crippen LogP contribution in [0.1, 0.15) is 28.7 Å². The zero-order valence-corrected chi connectivity index (χ0v) is 18.7. The van der Waals surface area contributed by atoms with Crippen molar-refractivity contribution in [1.29, 1.82) is 0 Å². The molecule has 7 heteroatoms. The fraction of sp³-hybridized carbons (Fsp3) is 0.320. The van der Waals surface area contributed by atoms with Gasteiger partial charge in [0, 0.05) is 49.6 Å². The zero-order valence-electron chi connectivity index (χ0n) is 17.9. The predicted octanol–water partition coefficient (Wildman–Crippen LogP) is 3.40. The second-order valence-electron chi connectivity index (χ2n) is 8.49. The smallest absolute Gasteiger partial charge is 0.336 e. The minimum atomic E-state index is -3.46. The van der Waals surface area contributed by atoms with E-state index in [4.69, 9.17) is 4.42 Å². The molecule has 32 heavy (non-hydrogen) atoms. The summed E-state index contributed by atoms with van der Waals surface area (Å²) in [6.45, 7) is 2.69. The number of nitrogens with zero attached hydrogens (tertiary/aromatic N) is 2. The van der Waals surface area contributed by atoms with Crippen molar-refractivity contribution >= 4 is 27.1 Å². The molecule has 166 valence electrons. The number of piperazine rings is 1. The van der Waals surface area contributed by atoms with Crippen molar-refractivity contribution in [3.8, 4) is 0 Å². The zero-order chi connectivity index (χ0) is 22.1. The summed E-state index contributed by atoms with van der Waals surface area (Å²) in [5.41, 5.74) is 4.74. The summed E-state index contributed by atoms with van der Waals surface area (Å²) in [5, 5.41) is 2.28. The standard InChI is InChI=1S/C25H26N2O4S/c28-25-17-22(23-15-20-7-4-8-21(20)16-24(23)31-25)18-26-10-12-27(13-11-26)32(29,30)14-9-19-5-2-1-3-6-19/h1-3,5-6,9,14-17H,4,7-8,10-13,18H2/b14-9+. The van der Waals surface area contributed by atoms with Gasteiger partial charge in [0.25, 0.3) is 0 Å². The second-order valence-corrected chi connectivity index (χ2v) is 10.3. The number of aryl methyl sites for hydroxylation is 2. The molecule has 0 atom stereocenters. The van der Waals surface area contributed by atoms with Gasteiger partial charge in [0.1, 0.15) is 5.58 Å². The first-order valence-corrected chi connectivity index (χ1v) is 12.5. The van der Waals surface area contributed by atoms with Crippen molar-refractivity contribution in [3.63, 3.8) is 0 Å². The molecule has 6 nitrogen and oxygen atoms in total. The van der Waals surface area contributed by atoms with Crippen molar-refractivity contribution < 1.29 is 12.8 Å². The number of fused-ring (bicyclic) bond motifs is 2. The summed E-state index contributed by atoms with van der Waals surface area (Å²) in [5.74, 6) is 0. The van der Waals surface area contributed by atoms with E-state index in [0.29, 0.717) is 38.3 Å². The largest absolute Gasteiger partial charge is 0.423 e. The minimum absolute atomic E-state index is 0.335. The molecule has 0 amide bonds. The first kappa shape index (κ1) is 21.1. The molecule has 1 saturated heterocycles. The molecule has 2 aliphatic rings. The average Bonchev–Trinajstić information content (AvgIpc) is 3.25. The van der Waals surface area contributed by atoms with Gasteiger partial charge in [-0.1, -0.05) is 30.3 Å². The van der Waals surface area contributed by atoms with Gasteiger partial charge >= 0.3 is 5.63 Å². The third-order valence-corrected chi connectivity index (χ3v) is 7.92. The quantitative estimate of drug-likeness (QED) is 0.557. The lowest BCUT2D eigenvalue weighted by Crippen LogP contribution is -2.47. The number of hydrogen-bond donors (Lipinski definition) is 0. The highest BCUT2D eigenvalue weighted by molar-refractivity contribution is 7.92. The minimum Gasteiger partial charge on any atom is -0.423 e. The molecule has 3 aromatic rings. The third-order valence-electron chi connectivity index (χ3n) is 6.36. The summed E-state index contributed by atoms with van der Waals surface area (Å²) in [6, 6.07) is 15.2. The van der Waals surface area contributed by atoms with Crippen LogP contribution in [0.25, 0.3) is 17.0 Å². The molecule has 1 aliphatic carbocycles. The molecule has 0 N–H and O–H groups in total. The van der Waals surface area contributed by atoms with Crippen LogP contribution in [0.3, 0.4) is 0 Å². The highest BCUT2D eigenvalue weighted by Gasteiger charge is 2.25. The molecule has 0 spiro atoms. The molecule has 1 aromatic heterocycles. The lowest BCUT2D eigenvalue weighted by molar-refractivity contribution is 0.183. The third kappa shape index (κ3) is 4.41. The van der Waals surface area contributed by atoms with Gasteiger partial charge in [-0.3, -0.25) is 4.90 Å². The molecule has 5 rings (SSSR count). The Kier molecular flexibility index (Phi) is 5.71. The van der Waals surface area contributed by atoms with Crippen molar-refractivity contribution in [3.05, 3.63) is 86.6 Å². The van der Waals surface area contributed by atoms with Crippen molar-refractivity contribution in [1.82, 2.24) is 9.21 Å². The van der Waals surface area contributed by atoms with Crippen LogP contribution in [-0.2, 0) is 29.4 Å². The molecular formula is C25H26N2O4S. The Hall–Kier alpha value is -2.74. The molecule has 0 radical (unpaired) electrons. The van der Waals surface area contributed by atoms with Crippen LogP contribution in [-0.4, -0.2) is 43.8 Å². The first-order chi connectivity index (χ1) is 15.5. The van der Waals surface area contributed by atoms with E-state index in [-0.39, 0.29) is 5.63 Å². The summed E-state index contributed by atoms with van der Waals surface area (Å²) in [4.78, 5) is 14.3. The Morgan fingerprint density at radius 3 is 2.41 bits per heavy atom. The Morgan fingerprint density at radius 2 is 1.66 bits per heavy atom. The molecule has 1 fully saturated rings. The topological polar surface area (TPSA) is 70.8 Å². The molecule has 2 aromatic carbocycles. The summed E-state index contributed by atoms with van der Waals surface area (Å²) in [7, 11) is -3.46. The van der Waals surface area contributed by atoms with Crippen molar-refractivity contribution in [2.24, 2.45) is 0 Å². The maximum Gasteiger partial charge on any atom is 0.336 e. The Balaban J connectivity index is 1.29. The van der Waals surface area contributed by atoms with E-state index in [1.807, 2.05) is 36.4 Å². The van der Waals surface area contributed by atoms with Gasteiger partial charge in [0.05, 0.1) is 0 Å². The van der Waals surface area contributed by atoms with Gasteiger partial charge in [-0.25, -0.2) is 13.2 Å². The Bertz CT molecular complexity index is 1320. The van der Waals surface area contributed by atoms with Gasteiger partial charge in [0.15, 0.2) is 0 Å². The molecule has 1 aliphatic heterocycles. The highest BCUT2D eigenvalue weighted by atomic mass is 32.2. The molecule has 0 unspecified atom stereocenters. The lowest BCUT2D eigenvalue weighted by Gasteiger charge is -2.33. The Labute approximate surface area is 187 Å². The summed E-state index contributed by atoms with van der Waals surface area (Å²) in [6.07, 6.45) is 4.88. The fourth-order valence-corrected chi connectivity index (χ4v) is 5.80. The van der Waals surface area contributed by atoms with E-state index in [1.54, 1.807) is 12.1 Å². The maximum absolute atomic E-state index is 12.7. The van der Waals surface area contributed by atoms with Gasteiger partial charge in [-0.2, -0.15) is 4.31 Å². The number of hydrogen-bond acceptors (Lipinski definition) is 5. The lowest BCUT2D eigenvalue weighted by atomic mass is 10.0. The maximum atomic E-state index is 12.7. The van der Waals surface area contributed by atoms with E-state index in [2.05, 4.69) is 11.0 Å². The summed E-state index contributed by atoms with van der Waals surface area (Å²) < 4.78 is 32.4. The van der Waals surface area contributed by atoms with Crippen LogP contribution in [0, 0.1) is 0 Å². The molecular weight excluding hydrogens is 424 g/mol. The van der Waals surface area contributed by atoms with Crippen LogP contribution in [0.2, 0.25) is 0 Å². The normalized spacial score (nSPS) is 17.9. The predicted molar refractivity (Wildman–Crippen MR) is 126 cm³/mol. The van der Waals surface area contributed by atoms with Gasteiger partial charge < -0.3 is 4.42 Å². The van der Waals surface area contributed by atoms with Gasteiger partial charge in [-0.15, -0.1) is 0 Å².